The number of para-hydroxylation sites is 1. The Morgan fingerprint density at radius 2 is 1.92 bits per heavy atom. The lowest BCUT2D eigenvalue weighted by Crippen LogP contribution is -2.56. The van der Waals surface area contributed by atoms with Crippen molar-refractivity contribution in [2.24, 2.45) is 0 Å². The molecule has 0 aliphatic carbocycles. The van der Waals surface area contributed by atoms with Crippen molar-refractivity contribution >= 4 is 16.8 Å². The zero-order valence-electron chi connectivity index (χ0n) is 15.7. The number of hydrogen-bond donors (Lipinski definition) is 1. The smallest absolute Gasteiger partial charge is 0.253 e. The molecule has 1 aromatic heterocycles. The summed E-state index contributed by atoms with van der Waals surface area (Å²) in [7, 11) is 0. The maximum atomic E-state index is 13.3. The molecule has 1 aromatic carbocycles. The number of benzene rings is 1. The van der Waals surface area contributed by atoms with E-state index in [-0.39, 0.29) is 5.91 Å². The van der Waals surface area contributed by atoms with Crippen LogP contribution in [0.2, 0.25) is 0 Å². The van der Waals surface area contributed by atoms with Crippen molar-refractivity contribution in [3.05, 3.63) is 35.5 Å². The second-order valence-corrected chi connectivity index (χ2v) is 8.30. The number of nitrogens with zero attached hydrogens (tertiary/aromatic N) is 2. The molecule has 2 aromatic rings. The minimum atomic E-state index is 0.157. The van der Waals surface area contributed by atoms with E-state index in [0.29, 0.717) is 18.1 Å². The van der Waals surface area contributed by atoms with Gasteiger partial charge in [-0.05, 0) is 51.1 Å². The first-order valence-corrected chi connectivity index (χ1v) is 10.4. The first kappa shape index (κ1) is 16.4. The molecule has 3 aliphatic heterocycles. The van der Waals surface area contributed by atoms with E-state index in [2.05, 4.69) is 46.0 Å². The maximum Gasteiger partial charge on any atom is 0.253 e. The van der Waals surface area contributed by atoms with Crippen molar-refractivity contribution in [2.75, 3.05) is 6.54 Å². The Balaban J connectivity index is 1.41. The van der Waals surface area contributed by atoms with Crippen LogP contribution in [-0.2, 0) is 13.0 Å². The standard InChI is InChI=1S/C22H29N3O/c1-2-24-16-7-5-8-17(24)14-15(13-16)23-22(26)21-18-9-3-4-10-19(18)25-12-6-11-20(21)25/h3-4,9-10,15-17H,2,5-8,11-14H2,1H3,(H,23,26). The highest BCUT2D eigenvalue weighted by molar-refractivity contribution is 6.08. The van der Waals surface area contributed by atoms with Gasteiger partial charge < -0.3 is 9.88 Å². The summed E-state index contributed by atoms with van der Waals surface area (Å²) in [6.07, 6.45) is 8.34. The number of rotatable bonds is 3. The Bertz CT molecular complexity index is 825. The zero-order valence-corrected chi connectivity index (χ0v) is 15.7. The number of carbonyl (C=O) groups excluding carboxylic acids is 1. The summed E-state index contributed by atoms with van der Waals surface area (Å²) < 4.78 is 2.36. The third-order valence-electron chi connectivity index (χ3n) is 6.93. The molecule has 2 unspecified atom stereocenters. The molecule has 2 fully saturated rings. The second-order valence-electron chi connectivity index (χ2n) is 8.30. The fourth-order valence-electron chi connectivity index (χ4n) is 5.90. The fourth-order valence-corrected chi connectivity index (χ4v) is 5.90. The monoisotopic (exact) mass is 351 g/mol. The van der Waals surface area contributed by atoms with Gasteiger partial charge in [-0.2, -0.15) is 0 Å². The Kier molecular flexibility index (Phi) is 4.04. The van der Waals surface area contributed by atoms with Gasteiger partial charge in [0.2, 0.25) is 0 Å². The summed E-state index contributed by atoms with van der Waals surface area (Å²) in [5.41, 5.74) is 3.42. The predicted octanol–water partition coefficient (Wildman–Crippen LogP) is 3.72. The minimum absolute atomic E-state index is 0.157. The van der Waals surface area contributed by atoms with Crippen LogP contribution < -0.4 is 5.32 Å². The molecule has 5 rings (SSSR count). The van der Waals surface area contributed by atoms with Gasteiger partial charge in [-0.15, -0.1) is 0 Å². The van der Waals surface area contributed by atoms with Crippen molar-refractivity contribution in [3.63, 3.8) is 0 Å². The van der Waals surface area contributed by atoms with Gasteiger partial charge in [0.25, 0.3) is 5.91 Å². The van der Waals surface area contributed by atoms with E-state index in [1.54, 1.807) is 0 Å². The van der Waals surface area contributed by atoms with Crippen molar-refractivity contribution in [1.29, 1.82) is 0 Å². The van der Waals surface area contributed by atoms with Crippen LogP contribution in [0.5, 0.6) is 0 Å². The molecule has 1 amide bonds. The van der Waals surface area contributed by atoms with Crippen molar-refractivity contribution in [2.45, 2.75) is 76.5 Å². The minimum Gasteiger partial charge on any atom is -0.349 e. The van der Waals surface area contributed by atoms with Crippen LogP contribution in [0.15, 0.2) is 24.3 Å². The molecule has 26 heavy (non-hydrogen) atoms. The number of nitrogens with one attached hydrogen (secondary N) is 1. The predicted molar refractivity (Wildman–Crippen MR) is 105 cm³/mol. The van der Waals surface area contributed by atoms with E-state index in [9.17, 15) is 4.79 Å². The molecule has 4 nitrogen and oxygen atoms in total. The van der Waals surface area contributed by atoms with Gasteiger partial charge >= 0.3 is 0 Å². The lowest BCUT2D eigenvalue weighted by Gasteiger charge is -2.48. The highest BCUT2D eigenvalue weighted by atomic mass is 16.1. The van der Waals surface area contributed by atoms with Crippen LogP contribution in [0.25, 0.3) is 10.9 Å². The molecule has 2 atom stereocenters. The number of amides is 1. The van der Waals surface area contributed by atoms with Crippen LogP contribution in [-0.4, -0.2) is 40.0 Å². The third-order valence-corrected chi connectivity index (χ3v) is 6.93. The molecule has 138 valence electrons. The van der Waals surface area contributed by atoms with E-state index in [1.807, 2.05) is 0 Å². The number of aryl methyl sites for hydroxylation is 1. The van der Waals surface area contributed by atoms with Crippen LogP contribution in [0, 0.1) is 0 Å². The normalized spacial score (nSPS) is 28.3. The summed E-state index contributed by atoms with van der Waals surface area (Å²) >= 11 is 0. The molecule has 4 heteroatoms. The topological polar surface area (TPSA) is 37.3 Å². The number of hydrogen-bond acceptors (Lipinski definition) is 2. The molecule has 3 aliphatic rings. The number of aromatic nitrogens is 1. The second kappa shape index (κ2) is 6.41. The molecule has 1 N–H and O–H groups in total. The summed E-state index contributed by atoms with van der Waals surface area (Å²) in [4.78, 5) is 16.0. The Morgan fingerprint density at radius 1 is 1.15 bits per heavy atom. The number of piperidine rings is 2. The third kappa shape index (κ3) is 2.50. The molecular formula is C22H29N3O. The van der Waals surface area contributed by atoms with Gasteiger partial charge in [-0.25, -0.2) is 0 Å². The van der Waals surface area contributed by atoms with Crippen molar-refractivity contribution < 1.29 is 4.79 Å². The quantitative estimate of drug-likeness (QED) is 0.915. The van der Waals surface area contributed by atoms with Crippen LogP contribution in [0.3, 0.4) is 0 Å². The molecule has 2 bridgehead atoms. The SMILES string of the molecule is CCN1C2CCCC1CC(NC(=O)c1c3n(c4ccccc14)CCC3)C2. The largest absolute Gasteiger partial charge is 0.349 e. The zero-order chi connectivity index (χ0) is 17.7. The summed E-state index contributed by atoms with van der Waals surface area (Å²) in [6.45, 7) is 4.47. The van der Waals surface area contributed by atoms with E-state index in [1.165, 1.54) is 30.5 Å². The average molecular weight is 351 g/mol. The molecule has 4 heterocycles. The Morgan fingerprint density at radius 3 is 2.69 bits per heavy atom. The molecule has 0 spiro atoms. The van der Waals surface area contributed by atoms with E-state index >= 15 is 0 Å². The highest BCUT2D eigenvalue weighted by Gasteiger charge is 2.38. The van der Waals surface area contributed by atoms with Gasteiger partial charge in [-0.1, -0.05) is 31.5 Å². The van der Waals surface area contributed by atoms with Crippen LogP contribution >= 0.6 is 0 Å². The van der Waals surface area contributed by atoms with Crippen LogP contribution in [0.4, 0.5) is 0 Å². The first-order valence-electron chi connectivity index (χ1n) is 10.4. The number of fused-ring (bicyclic) bond motifs is 5. The highest BCUT2D eigenvalue weighted by Crippen LogP contribution is 2.35. The Labute approximate surface area is 155 Å². The molecular weight excluding hydrogens is 322 g/mol. The lowest BCUT2D eigenvalue weighted by molar-refractivity contribution is 0.0288. The van der Waals surface area contributed by atoms with Gasteiger partial charge in [0.05, 0.1) is 5.56 Å². The molecule has 0 radical (unpaired) electrons. The van der Waals surface area contributed by atoms with E-state index < -0.39 is 0 Å². The summed E-state index contributed by atoms with van der Waals surface area (Å²) in [6, 6.07) is 10.1. The Hall–Kier alpha value is -1.81. The lowest BCUT2D eigenvalue weighted by atomic mass is 9.81. The van der Waals surface area contributed by atoms with Crippen molar-refractivity contribution in [3.8, 4) is 0 Å². The van der Waals surface area contributed by atoms with Crippen LogP contribution in [0.1, 0.15) is 61.5 Å². The summed E-state index contributed by atoms with van der Waals surface area (Å²) in [5.74, 6) is 0.157. The van der Waals surface area contributed by atoms with Gasteiger partial charge in [0.1, 0.15) is 0 Å². The average Bonchev–Trinajstić information content (AvgIpc) is 3.21. The maximum absolute atomic E-state index is 13.3. The van der Waals surface area contributed by atoms with E-state index in [4.69, 9.17) is 0 Å². The fraction of sp³-hybridized carbons (Fsp3) is 0.591. The van der Waals surface area contributed by atoms with E-state index in [0.717, 1.165) is 49.7 Å². The van der Waals surface area contributed by atoms with Gasteiger partial charge in [0, 0.05) is 41.3 Å². The molecule has 0 saturated carbocycles. The first-order chi connectivity index (χ1) is 12.8. The molecule has 2 saturated heterocycles. The number of carbonyl (C=O) groups is 1. The summed E-state index contributed by atoms with van der Waals surface area (Å²) in [5, 5.41) is 4.57. The van der Waals surface area contributed by atoms with Gasteiger partial charge in [-0.3, -0.25) is 9.69 Å². The van der Waals surface area contributed by atoms with Crippen molar-refractivity contribution in [1.82, 2.24) is 14.8 Å². The van der Waals surface area contributed by atoms with Gasteiger partial charge in [0.15, 0.2) is 0 Å².